The minimum atomic E-state index is -3.89. The van der Waals surface area contributed by atoms with Crippen LogP contribution in [0, 0.1) is 0 Å². The summed E-state index contributed by atoms with van der Waals surface area (Å²) in [5.41, 5.74) is 1.85. The lowest BCUT2D eigenvalue weighted by atomic mass is 10.0. The molecule has 2 amide bonds. The minimum Gasteiger partial charge on any atom is -0.495 e. The van der Waals surface area contributed by atoms with Crippen LogP contribution in [0.5, 0.6) is 5.75 Å². The van der Waals surface area contributed by atoms with Crippen LogP contribution in [0.25, 0.3) is 0 Å². The molecule has 8 nitrogen and oxygen atoms in total. The van der Waals surface area contributed by atoms with Gasteiger partial charge < -0.3 is 15.0 Å². The van der Waals surface area contributed by atoms with Gasteiger partial charge in [-0.2, -0.15) is 0 Å². The molecule has 10 heteroatoms. The van der Waals surface area contributed by atoms with Gasteiger partial charge in [0.05, 0.1) is 19.1 Å². The third-order valence-electron chi connectivity index (χ3n) is 6.12. The number of amides is 2. The molecular formula is C29H34ClN3O5S. The number of nitrogens with zero attached hydrogens (tertiary/aromatic N) is 2. The van der Waals surface area contributed by atoms with E-state index in [-0.39, 0.29) is 24.6 Å². The summed E-state index contributed by atoms with van der Waals surface area (Å²) in [6.07, 6.45) is 2.01. The monoisotopic (exact) mass is 571 g/mol. The lowest BCUT2D eigenvalue weighted by molar-refractivity contribution is -0.140. The number of halogens is 1. The van der Waals surface area contributed by atoms with E-state index < -0.39 is 28.5 Å². The predicted molar refractivity (Wildman–Crippen MR) is 154 cm³/mol. The summed E-state index contributed by atoms with van der Waals surface area (Å²) in [5.74, 6) is -0.540. The Balaban J connectivity index is 2.05. The quantitative estimate of drug-likeness (QED) is 0.330. The molecule has 0 radical (unpaired) electrons. The van der Waals surface area contributed by atoms with Crippen LogP contribution in [0.15, 0.2) is 78.9 Å². The molecular weight excluding hydrogens is 538 g/mol. The second kappa shape index (κ2) is 14.0. The van der Waals surface area contributed by atoms with Gasteiger partial charge in [-0.1, -0.05) is 73.1 Å². The molecule has 0 spiro atoms. The van der Waals surface area contributed by atoms with Crippen molar-refractivity contribution in [2.75, 3.05) is 30.8 Å². The fourth-order valence-electron chi connectivity index (χ4n) is 4.14. The van der Waals surface area contributed by atoms with E-state index in [9.17, 15) is 18.0 Å². The number of anilines is 1. The summed E-state index contributed by atoms with van der Waals surface area (Å²) >= 11 is 6.07. The first kappa shape index (κ1) is 30.0. The van der Waals surface area contributed by atoms with Crippen LogP contribution < -0.4 is 14.4 Å². The highest BCUT2D eigenvalue weighted by atomic mass is 35.5. The van der Waals surface area contributed by atoms with Crippen molar-refractivity contribution in [2.24, 2.45) is 0 Å². The lowest BCUT2D eigenvalue weighted by Crippen LogP contribution is -2.53. The first-order valence-corrected chi connectivity index (χ1v) is 14.8. The van der Waals surface area contributed by atoms with E-state index in [4.69, 9.17) is 16.3 Å². The molecule has 0 aliphatic rings. The minimum absolute atomic E-state index is 0.0799. The van der Waals surface area contributed by atoms with Gasteiger partial charge in [-0.15, -0.1) is 0 Å². The van der Waals surface area contributed by atoms with Crippen LogP contribution in [-0.2, 0) is 32.6 Å². The number of carbonyl (C=O) groups is 2. The number of carbonyl (C=O) groups excluding carboxylic acids is 2. The average molecular weight is 572 g/mol. The molecule has 0 saturated carbocycles. The van der Waals surface area contributed by atoms with Crippen molar-refractivity contribution in [3.8, 4) is 5.75 Å². The molecule has 0 aromatic heterocycles. The Morgan fingerprint density at radius 2 is 1.59 bits per heavy atom. The third kappa shape index (κ3) is 8.46. The van der Waals surface area contributed by atoms with E-state index in [2.05, 4.69) is 5.32 Å². The average Bonchev–Trinajstić information content (AvgIpc) is 2.93. The van der Waals surface area contributed by atoms with E-state index in [1.807, 2.05) is 37.3 Å². The van der Waals surface area contributed by atoms with Crippen LogP contribution >= 0.6 is 11.6 Å². The van der Waals surface area contributed by atoms with Crippen LogP contribution in [0.1, 0.15) is 24.5 Å². The lowest BCUT2D eigenvalue weighted by Gasteiger charge is -2.33. The standard InChI is InChI=1S/C29H34ClN3O5S/c1-4-18-31-29(35)26(19-22-10-6-5-7-11-22)32(20-23-14-16-24(30)17-15-23)28(34)21-33(39(3,36)37)25-12-8-9-13-27(25)38-2/h5-17,26H,4,18-21H2,1-3H3,(H,31,35)/t26-/m1/s1. The number of hydrogen-bond acceptors (Lipinski definition) is 5. The Labute approximate surface area is 235 Å². The molecule has 0 aliphatic carbocycles. The molecule has 0 fully saturated rings. The summed E-state index contributed by atoms with van der Waals surface area (Å²) < 4.78 is 32.2. The van der Waals surface area contributed by atoms with E-state index >= 15 is 0 Å². The van der Waals surface area contributed by atoms with Gasteiger partial charge in [0.1, 0.15) is 18.3 Å². The smallest absolute Gasteiger partial charge is 0.244 e. The zero-order valence-corrected chi connectivity index (χ0v) is 23.9. The second-order valence-corrected chi connectivity index (χ2v) is 11.4. The number of hydrogen-bond donors (Lipinski definition) is 1. The SMILES string of the molecule is CCCNC(=O)[C@@H](Cc1ccccc1)N(Cc1ccc(Cl)cc1)C(=O)CN(c1ccccc1OC)S(C)(=O)=O. The Kier molecular flexibility index (Phi) is 10.8. The van der Waals surface area contributed by atoms with Crippen LogP contribution in [0.2, 0.25) is 5.02 Å². The van der Waals surface area contributed by atoms with Gasteiger partial charge in [0.25, 0.3) is 0 Å². The fourth-order valence-corrected chi connectivity index (χ4v) is 5.12. The van der Waals surface area contributed by atoms with E-state index in [0.717, 1.165) is 28.1 Å². The number of ether oxygens (including phenoxy) is 1. The molecule has 3 aromatic carbocycles. The topological polar surface area (TPSA) is 96.0 Å². The molecule has 0 aliphatic heterocycles. The normalized spacial score (nSPS) is 11.9. The molecule has 0 heterocycles. The Morgan fingerprint density at radius 1 is 0.949 bits per heavy atom. The van der Waals surface area contributed by atoms with Gasteiger partial charge in [0.2, 0.25) is 21.8 Å². The summed E-state index contributed by atoms with van der Waals surface area (Å²) in [7, 11) is -2.46. The zero-order chi connectivity index (χ0) is 28.4. The summed E-state index contributed by atoms with van der Waals surface area (Å²) in [4.78, 5) is 28.9. The number of methoxy groups -OCH3 is 1. The number of rotatable bonds is 13. The van der Waals surface area contributed by atoms with Crippen molar-refractivity contribution < 1.29 is 22.7 Å². The van der Waals surface area contributed by atoms with Gasteiger partial charge in [0.15, 0.2) is 0 Å². The second-order valence-electron chi connectivity index (χ2n) is 9.09. The molecule has 3 aromatic rings. The molecule has 39 heavy (non-hydrogen) atoms. The molecule has 3 rings (SSSR count). The highest BCUT2D eigenvalue weighted by molar-refractivity contribution is 7.92. The Hall–Kier alpha value is -3.56. The van der Waals surface area contributed by atoms with Crippen molar-refractivity contribution >= 4 is 39.1 Å². The molecule has 0 bridgehead atoms. The van der Waals surface area contributed by atoms with Gasteiger partial charge in [-0.3, -0.25) is 13.9 Å². The summed E-state index contributed by atoms with van der Waals surface area (Å²) in [6.45, 7) is 1.96. The molecule has 208 valence electrons. The highest BCUT2D eigenvalue weighted by Crippen LogP contribution is 2.30. The van der Waals surface area contributed by atoms with Crippen molar-refractivity contribution in [1.82, 2.24) is 10.2 Å². The van der Waals surface area contributed by atoms with Gasteiger partial charge in [-0.05, 0) is 41.8 Å². The van der Waals surface area contributed by atoms with E-state index in [1.54, 1.807) is 48.5 Å². The molecule has 0 unspecified atom stereocenters. The Morgan fingerprint density at radius 3 is 2.21 bits per heavy atom. The van der Waals surface area contributed by atoms with Gasteiger partial charge >= 0.3 is 0 Å². The summed E-state index contributed by atoms with van der Waals surface area (Å²) in [5, 5.41) is 3.45. The highest BCUT2D eigenvalue weighted by Gasteiger charge is 2.33. The first-order valence-electron chi connectivity index (χ1n) is 12.6. The van der Waals surface area contributed by atoms with Gasteiger partial charge in [-0.25, -0.2) is 8.42 Å². The number of benzene rings is 3. The van der Waals surface area contributed by atoms with Crippen molar-refractivity contribution in [3.05, 3.63) is 95.0 Å². The maximum absolute atomic E-state index is 14.0. The zero-order valence-electron chi connectivity index (χ0n) is 22.3. The molecule has 1 N–H and O–H groups in total. The van der Waals surface area contributed by atoms with Crippen molar-refractivity contribution in [3.63, 3.8) is 0 Å². The fraction of sp³-hybridized carbons (Fsp3) is 0.310. The Bertz CT molecular complexity index is 1350. The largest absolute Gasteiger partial charge is 0.495 e. The summed E-state index contributed by atoms with van der Waals surface area (Å²) in [6, 6.07) is 22.1. The maximum Gasteiger partial charge on any atom is 0.244 e. The van der Waals surface area contributed by atoms with E-state index in [0.29, 0.717) is 17.3 Å². The first-order chi connectivity index (χ1) is 18.6. The van der Waals surface area contributed by atoms with Gasteiger partial charge in [0, 0.05) is 24.5 Å². The van der Waals surface area contributed by atoms with Crippen LogP contribution in [-0.4, -0.2) is 57.6 Å². The molecule has 0 saturated heterocycles. The van der Waals surface area contributed by atoms with Crippen molar-refractivity contribution in [1.29, 1.82) is 0 Å². The van der Waals surface area contributed by atoms with Crippen LogP contribution in [0.4, 0.5) is 5.69 Å². The van der Waals surface area contributed by atoms with Crippen LogP contribution in [0.3, 0.4) is 0 Å². The molecule has 1 atom stereocenters. The third-order valence-corrected chi connectivity index (χ3v) is 7.50. The van der Waals surface area contributed by atoms with E-state index in [1.165, 1.54) is 12.0 Å². The number of para-hydroxylation sites is 2. The number of sulfonamides is 1. The maximum atomic E-state index is 14.0. The van der Waals surface area contributed by atoms with Crippen molar-refractivity contribution in [2.45, 2.75) is 32.4 Å². The predicted octanol–water partition coefficient (Wildman–Crippen LogP) is 4.28. The number of nitrogens with one attached hydrogen (secondary N) is 1.